The summed E-state index contributed by atoms with van der Waals surface area (Å²) < 4.78 is 60.4. The van der Waals surface area contributed by atoms with Gasteiger partial charge < -0.3 is 4.74 Å². The molecule has 2 nitrogen and oxygen atoms in total. The molecule has 0 amide bonds. The molecule has 0 heterocycles. The van der Waals surface area contributed by atoms with E-state index in [4.69, 9.17) is 4.74 Å². The number of fused-ring (bicyclic) bond motifs is 1. The lowest BCUT2D eigenvalue weighted by Crippen LogP contribution is -2.11. The van der Waals surface area contributed by atoms with E-state index in [9.17, 15) is 22.4 Å². The molecule has 6 heteroatoms. The molecular weight excluding hydrogens is 372 g/mol. The van der Waals surface area contributed by atoms with Gasteiger partial charge in [0.25, 0.3) is 0 Å². The summed E-state index contributed by atoms with van der Waals surface area (Å²) in [6, 6.07) is 8.24. The Morgan fingerprint density at radius 3 is 2.29 bits per heavy atom. The number of halogens is 4. The average Bonchev–Trinajstić information content (AvgIpc) is 2.67. The molecule has 0 radical (unpaired) electrons. The Balaban J connectivity index is 1.82. The maximum Gasteiger partial charge on any atom is 0.343 e. The molecule has 0 aliphatic heterocycles. The van der Waals surface area contributed by atoms with Crippen LogP contribution in [-0.4, -0.2) is 5.97 Å². The number of carbonyl (C=O) groups excluding carboxylic acids is 1. The minimum absolute atomic E-state index is 0.00894. The van der Waals surface area contributed by atoms with Crippen molar-refractivity contribution in [1.82, 2.24) is 0 Å². The van der Waals surface area contributed by atoms with Crippen LogP contribution in [0.1, 0.15) is 42.1 Å². The first kappa shape index (κ1) is 19.9. The Morgan fingerprint density at radius 1 is 0.893 bits per heavy atom. The first-order chi connectivity index (χ1) is 13.4. The number of esters is 1. The Hall–Kier alpha value is -2.89. The van der Waals surface area contributed by atoms with Gasteiger partial charge in [0, 0.05) is 5.39 Å². The summed E-state index contributed by atoms with van der Waals surface area (Å²) >= 11 is 0. The highest BCUT2D eigenvalue weighted by atomic mass is 19.2. The van der Waals surface area contributed by atoms with E-state index in [-0.39, 0.29) is 16.3 Å². The van der Waals surface area contributed by atoms with Crippen LogP contribution in [0, 0.1) is 23.3 Å². The predicted molar refractivity (Wildman–Crippen MR) is 98.4 cm³/mol. The fraction of sp³-hybridized carbons (Fsp3) is 0.227. The number of rotatable bonds is 6. The van der Waals surface area contributed by atoms with Crippen LogP contribution in [0.15, 0.2) is 42.5 Å². The Morgan fingerprint density at radius 2 is 1.61 bits per heavy atom. The topological polar surface area (TPSA) is 26.3 Å². The molecule has 0 spiro atoms. The van der Waals surface area contributed by atoms with Gasteiger partial charge in [-0.25, -0.2) is 22.4 Å². The minimum Gasteiger partial charge on any atom is -0.417 e. The number of benzene rings is 3. The molecule has 0 saturated carbocycles. The predicted octanol–water partition coefficient (Wildman–Crippen LogP) is 6.35. The molecule has 0 atom stereocenters. The lowest BCUT2D eigenvalue weighted by molar-refractivity contribution is 0.0720. The molecule has 0 saturated heterocycles. The van der Waals surface area contributed by atoms with Crippen LogP contribution in [0.5, 0.6) is 5.75 Å². The fourth-order valence-electron chi connectivity index (χ4n) is 2.98. The van der Waals surface area contributed by atoms with Crippen LogP contribution >= 0.6 is 0 Å². The average molecular weight is 390 g/mol. The summed E-state index contributed by atoms with van der Waals surface area (Å²) in [4.78, 5) is 12.3. The van der Waals surface area contributed by atoms with Crippen LogP contribution in [0.25, 0.3) is 10.8 Å². The van der Waals surface area contributed by atoms with Crippen molar-refractivity contribution in [2.24, 2.45) is 0 Å². The second-order valence-corrected chi connectivity index (χ2v) is 6.53. The molecule has 0 unspecified atom stereocenters. The lowest BCUT2D eigenvalue weighted by atomic mass is 10.1. The van der Waals surface area contributed by atoms with Gasteiger partial charge in [-0.3, -0.25) is 0 Å². The molecule has 0 aliphatic carbocycles. The minimum atomic E-state index is -1.03. The number of ether oxygens (including phenoxy) is 1. The third kappa shape index (κ3) is 4.16. The maximum atomic E-state index is 14.2. The molecule has 0 bridgehead atoms. The molecule has 28 heavy (non-hydrogen) atoms. The van der Waals surface area contributed by atoms with Crippen LogP contribution in [0.4, 0.5) is 17.6 Å². The zero-order valence-corrected chi connectivity index (χ0v) is 15.2. The Labute approximate surface area is 159 Å². The third-order valence-corrected chi connectivity index (χ3v) is 4.46. The first-order valence-electron chi connectivity index (χ1n) is 8.98. The van der Waals surface area contributed by atoms with E-state index in [1.807, 2.05) is 6.92 Å². The van der Waals surface area contributed by atoms with Crippen molar-refractivity contribution in [2.45, 2.75) is 32.6 Å². The molecule has 3 aromatic carbocycles. The fourth-order valence-corrected chi connectivity index (χ4v) is 2.98. The van der Waals surface area contributed by atoms with E-state index in [1.165, 1.54) is 24.3 Å². The zero-order chi connectivity index (χ0) is 20.3. The van der Waals surface area contributed by atoms with E-state index in [0.29, 0.717) is 12.0 Å². The number of hydrogen-bond donors (Lipinski definition) is 0. The monoisotopic (exact) mass is 390 g/mol. The Bertz CT molecular complexity index is 1010. The van der Waals surface area contributed by atoms with Crippen LogP contribution in [-0.2, 0) is 6.42 Å². The van der Waals surface area contributed by atoms with Gasteiger partial charge in [-0.2, -0.15) is 0 Å². The van der Waals surface area contributed by atoms with E-state index in [1.54, 1.807) is 0 Å². The van der Waals surface area contributed by atoms with Gasteiger partial charge >= 0.3 is 5.97 Å². The smallest absolute Gasteiger partial charge is 0.343 e. The van der Waals surface area contributed by atoms with Crippen molar-refractivity contribution in [1.29, 1.82) is 0 Å². The van der Waals surface area contributed by atoms with E-state index in [2.05, 4.69) is 0 Å². The van der Waals surface area contributed by atoms with Crippen LogP contribution < -0.4 is 4.74 Å². The van der Waals surface area contributed by atoms with E-state index >= 15 is 0 Å². The maximum absolute atomic E-state index is 14.2. The molecular formula is C22H18F4O2. The standard InChI is InChI=1S/C22H18F4O2/c1-2-3-4-5-13-10-18(24)21(19(25)11-13)28-22(27)15-6-8-16-14(12-15)7-9-17(23)20(16)26/h6-12H,2-5H2,1H3. The molecule has 0 fully saturated rings. The largest absolute Gasteiger partial charge is 0.417 e. The molecule has 0 aromatic heterocycles. The van der Waals surface area contributed by atoms with E-state index in [0.717, 1.165) is 37.5 Å². The second-order valence-electron chi connectivity index (χ2n) is 6.53. The summed E-state index contributed by atoms with van der Waals surface area (Å²) in [7, 11) is 0. The quantitative estimate of drug-likeness (QED) is 0.212. The van der Waals surface area contributed by atoms with Gasteiger partial charge in [-0.05, 0) is 54.1 Å². The van der Waals surface area contributed by atoms with Crippen molar-refractivity contribution in [3.8, 4) is 5.75 Å². The third-order valence-electron chi connectivity index (χ3n) is 4.46. The van der Waals surface area contributed by atoms with Gasteiger partial charge in [0.05, 0.1) is 5.56 Å². The van der Waals surface area contributed by atoms with Gasteiger partial charge in [0.15, 0.2) is 23.3 Å². The summed E-state index contributed by atoms with van der Waals surface area (Å²) in [5, 5.41) is 0.255. The summed E-state index contributed by atoms with van der Waals surface area (Å²) in [5.74, 6) is -5.75. The van der Waals surface area contributed by atoms with Crippen molar-refractivity contribution >= 4 is 16.7 Å². The molecule has 3 rings (SSSR count). The molecule has 0 N–H and O–H groups in total. The SMILES string of the molecule is CCCCCc1cc(F)c(OC(=O)c2ccc3c(F)c(F)ccc3c2)c(F)c1. The molecule has 3 aromatic rings. The van der Waals surface area contributed by atoms with Crippen LogP contribution in [0.2, 0.25) is 0 Å². The van der Waals surface area contributed by atoms with Crippen molar-refractivity contribution < 1.29 is 27.1 Å². The normalized spacial score (nSPS) is 11.0. The van der Waals surface area contributed by atoms with Gasteiger partial charge in [0.2, 0.25) is 5.75 Å². The molecule has 146 valence electrons. The second kappa shape index (κ2) is 8.42. The van der Waals surface area contributed by atoms with Crippen LogP contribution in [0.3, 0.4) is 0 Å². The first-order valence-corrected chi connectivity index (χ1v) is 8.98. The highest BCUT2D eigenvalue weighted by Crippen LogP contribution is 2.27. The molecule has 0 aliphatic rings. The number of carbonyl (C=O) groups is 1. The summed E-state index contributed by atoms with van der Waals surface area (Å²) in [6.07, 6.45) is 3.28. The van der Waals surface area contributed by atoms with Gasteiger partial charge in [-0.1, -0.05) is 31.9 Å². The van der Waals surface area contributed by atoms with Crippen molar-refractivity contribution in [3.63, 3.8) is 0 Å². The van der Waals surface area contributed by atoms with E-state index < -0.39 is 35.0 Å². The summed E-state index contributed by atoms with van der Waals surface area (Å²) in [5.41, 5.74) is 0.454. The van der Waals surface area contributed by atoms with Crippen molar-refractivity contribution in [2.75, 3.05) is 0 Å². The van der Waals surface area contributed by atoms with Gasteiger partial charge in [0.1, 0.15) is 0 Å². The zero-order valence-electron chi connectivity index (χ0n) is 15.2. The highest BCUT2D eigenvalue weighted by Gasteiger charge is 2.18. The number of hydrogen-bond acceptors (Lipinski definition) is 2. The number of unbranched alkanes of at least 4 members (excludes halogenated alkanes) is 2. The summed E-state index contributed by atoms with van der Waals surface area (Å²) in [6.45, 7) is 2.03. The Kier molecular flexibility index (Phi) is 5.97. The van der Waals surface area contributed by atoms with Crippen molar-refractivity contribution in [3.05, 3.63) is 76.9 Å². The number of aryl methyl sites for hydroxylation is 1. The van der Waals surface area contributed by atoms with Gasteiger partial charge in [-0.15, -0.1) is 0 Å². The lowest BCUT2D eigenvalue weighted by Gasteiger charge is -2.10. The highest BCUT2D eigenvalue weighted by molar-refractivity contribution is 5.96.